The van der Waals surface area contributed by atoms with E-state index in [-0.39, 0.29) is 12.4 Å². The molecule has 1 unspecified atom stereocenters. The summed E-state index contributed by atoms with van der Waals surface area (Å²) in [5.74, 6) is 0.00417. The fourth-order valence-corrected chi connectivity index (χ4v) is 1.50. The van der Waals surface area contributed by atoms with Crippen LogP contribution in [0.3, 0.4) is 0 Å². The second-order valence-corrected chi connectivity index (χ2v) is 3.38. The van der Waals surface area contributed by atoms with Crippen molar-refractivity contribution >= 4 is 11.9 Å². The highest BCUT2D eigenvalue weighted by molar-refractivity contribution is 5.89. The third kappa shape index (κ3) is 1.80. The van der Waals surface area contributed by atoms with Crippen molar-refractivity contribution in [2.75, 3.05) is 11.5 Å². The van der Waals surface area contributed by atoms with Gasteiger partial charge in [-0.25, -0.2) is 14.2 Å². The average Bonchev–Trinajstić information content (AvgIpc) is 2.60. The molecule has 1 fully saturated rings. The highest BCUT2D eigenvalue weighted by Crippen LogP contribution is 2.23. The van der Waals surface area contributed by atoms with Gasteiger partial charge in [-0.2, -0.15) is 9.37 Å². The molecule has 2 heterocycles. The summed E-state index contributed by atoms with van der Waals surface area (Å²) in [5, 5.41) is 0. The first-order valence-corrected chi connectivity index (χ1v) is 4.68. The zero-order valence-electron chi connectivity index (χ0n) is 8.43. The Morgan fingerprint density at radius 2 is 2.44 bits per heavy atom. The Hall–Kier alpha value is -1.79. The number of carbonyl (C=O) groups is 1. The molecule has 0 bridgehead atoms. The first-order valence-electron chi connectivity index (χ1n) is 4.68. The van der Waals surface area contributed by atoms with Crippen molar-refractivity contribution < 1.29 is 18.3 Å². The fraction of sp³-hybridized carbons (Fsp3) is 0.444. The van der Waals surface area contributed by atoms with Crippen LogP contribution in [-0.4, -0.2) is 34.9 Å². The minimum atomic E-state index is -1.29. The molecule has 5 nitrogen and oxygen atoms in total. The van der Waals surface area contributed by atoms with Gasteiger partial charge in [0.15, 0.2) is 0 Å². The summed E-state index contributed by atoms with van der Waals surface area (Å²) in [4.78, 5) is 19.0. The molecule has 2 atom stereocenters. The monoisotopic (exact) mass is 229 g/mol. The molecular weight excluding hydrogens is 220 g/mol. The van der Waals surface area contributed by atoms with Gasteiger partial charge in [0.2, 0.25) is 0 Å². The van der Waals surface area contributed by atoms with Crippen LogP contribution in [0.1, 0.15) is 6.92 Å². The molecule has 1 saturated heterocycles. The van der Waals surface area contributed by atoms with Crippen molar-refractivity contribution in [3.05, 3.63) is 18.3 Å². The molecule has 0 aromatic carbocycles. The number of rotatable bonds is 2. The third-order valence-corrected chi connectivity index (χ3v) is 2.29. The minimum Gasteiger partial charge on any atom is -0.447 e. The van der Waals surface area contributed by atoms with Crippen LogP contribution in [0.4, 0.5) is 19.4 Å². The number of amides is 1. The van der Waals surface area contributed by atoms with Crippen LogP contribution in [0.15, 0.2) is 12.3 Å². The van der Waals surface area contributed by atoms with Gasteiger partial charge in [-0.3, -0.25) is 4.90 Å². The Bertz CT molecular complexity index is 413. The number of ether oxygens (including phenoxy) is 1. The summed E-state index contributed by atoms with van der Waals surface area (Å²) in [6.45, 7) is 1.24. The highest BCUT2D eigenvalue weighted by atomic mass is 19.1. The van der Waals surface area contributed by atoms with E-state index in [2.05, 4.69) is 9.97 Å². The third-order valence-electron chi connectivity index (χ3n) is 2.29. The molecule has 1 aliphatic heterocycles. The second kappa shape index (κ2) is 3.99. The number of hydrogen-bond acceptors (Lipinski definition) is 4. The number of carbonyl (C=O) groups excluding carboxylic acids is 1. The quantitative estimate of drug-likeness (QED) is 0.717. The normalized spacial score (nSPS) is 22.1. The number of halogens is 2. The molecule has 1 aromatic heterocycles. The van der Waals surface area contributed by atoms with E-state index in [1.54, 1.807) is 0 Å². The SMILES string of the molecule is C[C@@H](F)C1COC(=O)N1c1ccnc(F)n1. The van der Waals surface area contributed by atoms with Gasteiger partial charge in [0.05, 0.1) is 0 Å². The van der Waals surface area contributed by atoms with Crippen molar-refractivity contribution in [2.45, 2.75) is 19.1 Å². The predicted octanol–water partition coefficient (Wildman–Crippen LogP) is 1.30. The lowest BCUT2D eigenvalue weighted by Gasteiger charge is -2.20. The zero-order valence-corrected chi connectivity index (χ0v) is 8.43. The van der Waals surface area contributed by atoms with Crippen molar-refractivity contribution in [3.8, 4) is 0 Å². The van der Waals surface area contributed by atoms with Gasteiger partial charge in [-0.15, -0.1) is 0 Å². The summed E-state index contributed by atoms with van der Waals surface area (Å²) in [6.07, 6.45) is -1.83. The maximum absolute atomic E-state index is 13.2. The van der Waals surface area contributed by atoms with Crippen LogP contribution in [0.25, 0.3) is 0 Å². The van der Waals surface area contributed by atoms with Crippen LogP contribution in [0.2, 0.25) is 0 Å². The van der Waals surface area contributed by atoms with Gasteiger partial charge in [-0.05, 0) is 13.0 Å². The lowest BCUT2D eigenvalue weighted by Crippen LogP contribution is -2.39. The second-order valence-electron chi connectivity index (χ2n) is 3.38. The maximum atomic E-state index is 13.2. The summed E-state index contributed by atoms with van der Waals surface area (Å²) in [5.41, 5.74) is 0. The van der Waals surface area contributed by atoms with Gasteiger partial charge >= 0.3 is 12.2 Å². The molecule has 1 aliphatic rings. The number of aromatic nitrogens is 2. The van der Waals surface area contributed by atoms with Crippen molar-refractivity contribution in [2.24, 2.45) is 0 Å². The lowest BCUT2D eigenvalue weighted by atomic mass is 10.2. The largest absolute Gasteiger partial charge is 0.447 e. The number of cyclic esters (lactones) is 1. The van der Waals surface area contributed by atoms with Gasteiger partial charge in [0.1, 0.15) is 24.6 Å². The molecule has 86 valence electrons. The van der Waals surface area contributed by atoms with E-state index < -0.39 is 24.4 Å². The molecule has 7 heteroatoms. The Morgan fingerprint density at radius 3 is 3.06 bits per heavy atom. The van der Waals surface area contributed by atoms with Crippen LogP contribution in [0.5, 0.6) is 0 Å². The van der Waals surface area contributed by atoms with E-state index in [9.17, 15) is 13.6 Å². The topological polar surface area (TPSA) is 55.3 Å². The molecular formula is C9H9F2N3O2. The van der Waals surface area contributed by atoms with E-state index in [1.807, 2.05) is 0 Å². The molecule has 16 heavy (non-hydrogen) atoms. The molecule has 2 rings (SSSR count). The van der Waals surface area contributed by atoms with Crippen LogP contribution in [0, 0.1) is 6.08 Å². The molecule has 0 N–H and O–H groups in total. The van der Waals surface area contributed by atoms with Gasteiger partial charge < -0.3 is 4.74 Å². The minimum absolute atomic E-state index is 0.00417. The Balaban J connectivity index is 2.33. The average molecular weight is 229 g/mol. The van der Waals surface area contributed by atoms with E-state index in [1.165, 1.54) is 13.0 Å². The molecule has 0 radical (unpaired) electrons. The van der Waals surface area contributed by atoms with Gasteiger partial charge in [0, 0.05) is 6.20 Å². The van der Waals surface area contributed by atoms with Gasteiger partial charge in [-0.1, -0.05) is 0 Å². The molecule has 0 aliphatic carbocycles. The Labute approximate surface area is 90.1 Å². The van der Waals surface area contributed by atoms with Crippen LogP contribution < -0.4 is 4.90 Å². The smallest absolute Gasteiger partial charge is 0.416 e. The molecule has 0 saturated carbocycles. The summed E-state index contributed by atoms with van der Waals surface area (Å²) < 4.78 is 30.7. The fourth-order valence-electron chi connectivity index (χ4n) is 1.50. The van der Waals surface area contributed by atoms with Crippen LogP contribution >= 0.6 is 0 Å². The number of nitrogens with zero attached hydrogens (tertiary/aromatic N) is 3. The summed E-state index contributed by atoms with van der Waals surface area (Å²) >= 11 is 0. The van der Waals surface area contributed by atoms with Gasteiger partial charge in [0.25, 0.3) is 0 Å². The van der Waals surface area contributed by atoms with E-state index in [4.69, 9.17) is 4.74 Å². The standard InChI is InChI=1S/C9H9F2N3O2/c1-5(10)6-4-16-9(15)14(6)7-2-3-12-8(11)13-7/h2-3,5-6H,4H2,1H3/t5-,6?/m1/s1. The van der Waals surface area contributed by atoms with Crippen LogP contribution in [-0.2, 0) is 4.74 Å². The first-order chi connectivity index (χ1) is 7.59. The van der Waals surface area contributed by atoms with Crippen molar-refractivity contribution in [1.82, 2.24) is 9.97 Å². The Morgan fingerprint density at radius 1 is 1.69 bits per heavy atom. The lowest BCUT2D eigenvalue weighted by molar-refractivity contribution is 0.174. The molecule has 0 spiro atoms. The van der Waals surface area contributed by atoms with E-state index in [0.717, 1.165) is 11.1 Å². The number of hydrogen-bond donors (Lipinski definition) is 0. The van der Waals surface area contributed by atoms with Crippen molar-refractivity contribution in [1.29, 1.82) is 0 Å². The summed E-state index contributed by atoms with van der Waals surface area (Å²) in [6, 6.07) is 0.548. The number of alkyl halides is 1. The molecule has 1 aromatic rings. The van der Waals surface area contributed by atoms with E-state index in [0.29, 0.717) is 0 Å². The first kappa shape index (κ1) is 10.7. The maximum Gasteiger partial charge on any atom is 0.416 e. The number of anilines is 1. The summed E-state index contributed by atoms with van der Waals surface area (Å²) in [7, 11) is 0. The van der Waals surface area contributed by atoms with E-state index >= 15 is 0 Å². The predicted molar refractivity (Wildman–Crippen MR) is 50.2 cm³/mol. The zero-order chi connectivity index (χ0) is 11.7. The molecule has 1 amide bonds. The Kier molecular flexibility index (Phi) is 2.67. The van der Waals surface area contributed by atoms with Crippen molar-refractivity contribution in [3.63, 3.8) is 0 Å². The highest BCUT2D eigenvalue weighted by Gasteiger charge is 2.38.